The summed E-state index contributed by atoms with van der Waals surface area (Å²) in [4.78, 5) is 15.1. The van der Waals surface area contributed by atoms with Crippen molar-refractivity contribution in [3.63, 3.8) is 0 Å². The number of nitrogens with zero attached hydrogens (tertiary/aromatic N) is 2. The SMILES string of the molecule is O=C(O)c1ccc(C(Cn2ccnc2)c2ccc(Cl)cc2Cl)cc1. The van der Waals surface area contributed by atoms with Crippen LogP contribution < -0.4 is 0 Å². The van der Waals surface area contributed by atoms with Crippen LogP contribution in [0.4, 0.5) is 0 Å². The molecule has 0 spiro atoms. The first-order chi connectivity index (χ1) is 11.5. The van der Waals surface area contributed by atoms with Crippen LogP contribution in [0.2, 0.25) is 10.0 Å². The van der Waals surface area contributed by atoms with Crippen molar-refractivity contribution in [1.82, 2.24) is 9.55 Å². The lowest BCUT2D eigenvalue weighted by molar-refractivity contribution is 0.0697. The Morgan fingerprint density at radius 1 is 1.17 bits per heavy atom. The fourth-order valence-corrected chi connectivity index (χ4v) is 3.17. The number of hydrogen-bond donors (Lipinski definition) is 1. The van der Waals surface area contributed by atoms with Gasteiger partial charge in [0.2, 0.25) is 0 Å². The topological polar surface area (TPSA) is 55.1 Å². The van der Waals surface area contributed by atoms with E-state index in [-0.39, 0.29) is 11.5 Å². The van der Waals surface area contributed by atoms with Crippen LogP contribution in [-0.4, -0.2) is 20.6 Å². The molecule has 0 bridgehead atoms. The summed E-state index contributed by atoms with van der Waals surface area (Å²) in [6, 6.07) is 12.2. The van der Waals surface area contributed by atoms with Gasteiger partial charge >= 0.3 is 5.97 Å². The molecule has 0 aliphatic carbocycles. The number of carboxylic acid groups (broad SMARTS) is 1. The third-order valence-electron chi connectivity index (χ3n) is 3.85. The van der Waals surface area contributed by atoms with Gasteiger partial charge in [0.25, 0.3) is 0 Å². The monoisotopic (exact) mass is 360 g/mol. The van der Waals surface area contributed by atoms with E-state index in [1.807, 2.05) is 29.0 Å². The Morgan fingerprint density at radius 2 is 1.92 bits per heavy atom. The highest BCUT2D eigenvalue weighted by atomic mass is 35.5. The molecule has 0 saturated carbocycles. The molecule has 24 heavy (non-hydrogen) atoms. The number of hydrogen-bond acceptors (Lipinski definition) is 2. The van der Waals surface area contributed by atoms with Crippen LogP contribution in [-0.2, 0) is 6.54 Å². The summed E-state index contributed by atoms with van der Waals surface area (Å²) in [6.07, 6.45) is 5.33. The standard InChI is InChI=1S/C18H14Cl2N2O2/c19-14-5-6-15(17(20)9-14)16(10-22-8-7-21-11-22)12-1-3-13(4-2-12)18(23)24/h1-9,11,16H,10H2,(H,23,24). The molecule has 1 aromatic heterocycles. The minimum atomic E-state index is -0.947. The zero-order valence-electron chi connectivity index (χ0n) is 12.6. The number of aromatic nitrogens is 2. The molecule has 1 unspecified atom stereocenters. The predicted molar refractivity (Wildman–Crippen MR) is 93.9 cm³/mol. The van der Waals surface area contributed by atoms with Crippen LogP contribution in [0.1, 0.15) is 27.4 Å². The van der Waals surface area contributed by atoms with Gasteiger partial charge in [0.15, 0.2) is 0 Å². The molecule has 122 valence electrons. The number of aromatic carboxylic acids is 1. The van der Waals surface area contributed by atoms with E-state index >= 15 is 0 Å². The maximum absolute atomic E-state index is 11.1. The Labute approximate surface area is 149 Å². The average molecular weight is 361 g/mol. The molecular formula is C18H14Cl2N2O2. The van der Waals surface area contributed by atoms with Crippen molar-refractivity contribution < 1.29 is 9.90 Å². The number of halogens is 2. The molecule has 0 saturated heterocycles. The lowest BCUT2D eigenvalue weighted by Crippen LogP contribution is -2.10. The summed E-state index contributed by atoms with van der Waals surface area (Å²) in [7, 11) is 0. The summed E-state index contributed by atoms with van der Waals surface area (Å²) >= 11 is 12.4. The highest BCUT2D eigenvalue weighted by Crippen LogP contribution is 2.33. The molecule has 1 heterocycles. The van der Waals surface area contributed by atoms with Crippen molar-refractivity contribution in [2.45, 2.75) is 12.5 Å². The number of carbonyl (C=O) groups is 1. The van der Waals surface area contributed by atoms with Crippen LogP contribution in [0.5, 0.6) is 0 Å². The molecule has 0 radical (unpaired) electrons. The Kier molecular flexibility index (Phi) is 4.88. The van der Waals surface area contributed by atoms with Gasteiger partial charge < -0.3 is 9.67 Å². The largest absolute Gasteiger partial charge is 0.478 e. The van der Waals surface area contributed by atoms with Crippen molar-refractivity contribution in [2.75, 3.05) is 0 Å². The second kappa shape index (κ2) is 7.07. The average Bonchev–Trinajstić information content (AvgIpc) is 3.06. The van der Waals surface area contributed by atoms with Gasteiger partial charge in [0.1, 0.15) is 0 Å². The first-order valence-electron chi connectivity index (χ1n) is 7.28. The Balaban J connectivity index is 2.02. The van der Waals surface area contributed by atoms with E-state index in [4.69, 9.17) is 28.3 Å². The van der Waals surface area contributed by atoms with Crippen molar-refractivity contribution >= 4 is 29.2 Å². The Morgan fingerprint density at radius 3 is 2.50 bits per heavy atom. The first-order valence-corrected chi connectivity index (χ1v) is 8.04. The van der Waals surface area contributed by atoms with Gasteiger partial charge in [0, 0.05) is 34.9 Å². The number of benzene rings is 2. The van der Waals surface area contributed by atoms with Gasteiger partial charge in [-0.25, -0.2) is 9.78 Å². The quantitative estimate of drug-likeness (QED) is 0.715. The zero-order chi connectivity index (χ0) is 17.1. The van der Waals surface area contributed by atoms with E-state index in [0.717, 1.165) is 11.1 Å². The highest BCUT2D eigenvalue weighted by Gasteiger charge is 2.18. The van der Waals surface area contributed by atoms with Crippen molar-refractivity contribution in [3.05, 3.63) is 87.9 Å². The van der Waals surface area contributed by atoms with Crippen LogP contribution in [0, 0.1) is 0 Å². The minimum absolute atomic E-state index is 0.0492. The lowest BCUT2D eigenvalue weighted by Gasteiger charge is -2.20. The molecule has 0 amide bonds. The lowest BCUT2D eigenvalue weighted by atomic mass is 9.90. The van der Waals surface area contributed by atoms with Crippen LogP contribution in [0.15, 0.2) is 61.2 Å². The summed E-state index contributed by atoms with van der Waals surface area (Å²) < 4.78 is 1.96. The van der Waals surface area contributed by atoms with E-state index < -0.39 is 5.97 Å². The van der Waals surface area contributed by atoms with Gasteiger partial charge in [-0.3, -0.25) is 0 Å². The van der Waals surface area contributed by atoms with Crippen LogP contribution in [0.3, 0.4) is 0 Å². The highest BCUT2D eigenvalue weighted by molar-refractivity contribution is 6.35. The molecule has 1 N–H and O–H groups in total. The summed E-state index contributed by atoms with van der Waals surface area (Å²) in [5.41, 5.74) is 2.15. The van der Waals surface area contributed by atoms with Crippen molar-refractivity contribution in [3.8, 4) is 0 Å². The predicted octanol–water partition coefficient (Wildman–Crippen LogP) is 4.72. The fraction of sp³-hybridized carbons (Fsp3) is 0.111. The number of carboxylic acids is 1. The molecule has 0 fully saturated rings. The van der Waals surface area contributed by atoms with Crippen molar-refractivity contribution in [1.29, 1.82) is 0 Å². The first kappa shape index (κ1) is 16.6. The molecular weight excluding hydrogens is 347 g/mol. The van der Waals surface area contributed by atoms with E-state index in [2.05, 4.69) is 4.98 Å². The minimum Gasteiger partial charge on any atom is -0.478 e. The van der Waals surface area contributed by atoms with Gasteiger partial charge in [-0.15, -0.1) is 0 Å². The van der Waals surface area contributed by atoms with Gasteiger partial charge in [0.05, 0.1) is 11.9 Å². The molecule has 1 atom stereocenters. The maximum atomic E-state index is 11.1. The van der Waals surface area contributed by atoms with Gasteiger partial charge in [-0.2, -0.15) is 0 Å². The summed E-state index contributed by atoms with van der Waals surface area (Å²) in [5.74, 6) is -0.996. The van der Waals surface area contributed by atoms with Gasteiger partial charge in [-0.1, -0.05) is 41.4 Å². The molecule has 0 aliphatic rings. The third-order valence-corrected chi connectivity index (χ3v) is 4.41. The Bertz CT molecular complexity index is 846. The summed E-state index contributed by atoms with van der Waals surface area (Å²) in [5, 5.41) is 10.2. The third kappa shape index (κ3) is 3.61. The van der Waals surface area contributed by atoms with E-state index in [1.54, 1.807) is 36.8 Å². The molecule has 4 nitrogen and oxygen atoms in total. The molecule has 6 heteroatoms. The molecule has 0 aliphatic heterocycles. The van der Waals surface area contributed by atoms with E-state index in [9.17, 15) is 4.79 Å². The van der Waals surface area contributed by atoms with Gasteiger partial charge in [-0.05, 0) is 35.4 Å². The number of rotatable bonds is 5. The van der Waals surface area contributed by atoms with E-state index in [0.29, 0.717) is 16.6 Å². The maximum Gasteiger partial charge on any atom is 0.335 e. The molecule has 2 aromatic carbocycles. The van der Waals surface area contributed by atoms with Crippen molar-refractivity contribution in [2.24, 2.45) is 0 Å². The molecule has 3 aromatic rings. The Hall–Kier alpha value is -2.30. The van der Waals surface area contributed by atoms with Crippen LogP contribution in [0.25, 0.3) is 0 Å². The smallest absolute Gasteiger partial charge is 0.335 e. The molecule has 3 rings (SSSR count). The normalized spacial score (nSPS) is 12.1. The second-order valence-electron chi connectivity index (χ2n) is 5.41. The number of imidazole rings is 1. The summed E-state index contributed by atoms with van der Waals surface area (Å²) in [6.45, 7) is 0.633. The second-order valence-corrected chi connectivity index (χ2v) is 6.25. The van der Waals surface area contributed by atoms with Crippen LogP contribution >= 0.6 is 23.2 Å². The fourth-order valence-electron chi connectivity index (χ4n) is 2.63. The zero-order valence-corrected chi connectivity index (χ0v) is 14.1. The van der Waals surface area contributed by atoms with E-state index in [1.165, 1.54) is 0 Å².